The summed E-state index contributed by atoms with van der Waals surface area (Å²) in [5, 5.41) is 3.08. The Morgan fingerprint density at radius 1 is 0.542 bits per heavy atom. The molecule has 0 unspecified atom stereocenters. The fourth-order valence-electron chi connectivity index (χ4n) is 1.59. The molecule has 0 atom stereocenters. The Morgan fingerprint density at radius 3 is 1.42 bits per heavy atom. The minimum absolute atomic E-state index is 0.717. The summed E-state index contributed by atoms with van der Waals surface area (Å²) in [6.07, 6.45) is 0. The molecule has 0 amide bonds. The van der Waals surface area contributed by atoms with E-state index in [4.69, 9.17) is 46.4 Å². The van der Waals surface area contributed by atoms with Gasteiger partial charge in [0.1, 0.15) is 0 Å². The van der Waals surface area contributed by atoms with Crippen LogP contribution in [-0.2, 0) is 0 Å². The highest BCUT2D eigenvalue weighted by Gasteiger charge is 1.86. The first kappa shape index (κ1) is 20.9. The van der Waals surface area contributed by atoms with Gasteiger partial charge in [0.2, 0.25) is 0 Å². The predicted molar refractivity (Wildman–Crippen MR) is 109 cm³/mol. The molecule has 3 aromatic rings. The summed E-state index contributed by atoms with van der Waals surface area (Å²) < 4.78 is 0. The zero-order valence-electron chi connectivity index (χ0n) is 13.4. The number of rotatable bonds is 0. The first-order valence-electron chi connectivity index (χ1n) is 7.23. The molecule has 3 rings (SSSR count). The van der Waals surface area contributed by atoms with E-state index in [0.29, 0.717) is 0 Å². The van der Waals surface area contributed by atoms with Crippen molar-refractivity contribution in [3.8, 4) is 0 Å². The molecule has 0 N–H and O–H groups in total. The first-order valence-corrected chi connectivity index (χ1v) is 8.74. The monoisotopic (exact) mass is 398 g/mol. The molecule has 0 aliphatic rings. The lowest BCUT2D eigenvalue weighted by Gasteiger charge is -1.90. The molecule has 0 aromatic heterocycles. The van der Waals surface area contributed by atoms with Crippen LogP contribution < -0.4 is 0 Å². The van der Waals surface area contributed by atoms with E-state index >= 15 is 0 Å². The van der Waals surface area contributed by atoms with Crippen molar-refractivity contribution in [1.29, 1.82) is 0 Å². The van der Waals surface area contributed by atoms with Gasteiger partial charge in [-0.3, -0.25) is 0 Å². The first-order chi connectivity index (χ1) is 11.4. The van der Waals surface area contributed by atoms with Gasteiger partial charge in [-0.05, 0) is 67.4 Å². The third kappa shape index (κ3) is 9.20. The van der Waals surface area contributed by atoms with Crippen molar-refractivity contribution in [3.05, 3.63) is 104 Å². The topological polar surface area (TPSA) is 0 Å². The van der Waals surface area contributed by atoms with Crippen molar-refractivity contribution >= 4 is 46.4 Å². The van der Waals surface area contributed by atoms with Crippen LogP contribution in [0.3, 0.4) is 0 Å². The van der Waals surface area contributed by atoms with Gasteiger partial charge in [0.25, 0.3) is 0 Å². The van der Waals surface area contributed by atoms with E-state index in [1.165, 1.54) is 5.56 Å². The van der Waals surface area contributed by atoms with Crippen LogP contribution in [0.15, 0.2) is 72.8 Å². The summed E-state index contributed by atoms with van der Waals surface area (Å²) in [5.41, 5.74) is 2.34. The van der Waals surface area contributed by atoms with Gasteiger partial charge in [0.05, 0.1) is 0 Å². The van der Waals surface area contributed by atoms with Gasteiger partial charge in [0, 0.05) is 20.1 Å². The molecule has 0 saturated carbocycles. The predicted octanol–water partition coefficient (Wildman–Crippen LogP) is 8.29. The molecule has 0 aliphatic carbocycles. The maximum atomic E-state index is 5.71. The van der Waals surface area contributed by atoms with E-state index in [2.05, 4.69) is 0 Å². The minimum atomic E-state index is 0.717. The Bertz CT molecular complexity index is 677. The Labute approximate surface area is 164 Å². The van der Waals surface area contributed by atoms with Crippen LogP contribution in [0, 0.1) is 13.8 Å². The average Bonchev–Trinajstić information content (AvgIpc) is 2.54. The summed E-state index contributed by atoms with van der Waals surface area (Å²) >= 11 is 22.5. The van der Waals surface area contributed by atoms with Crippen LogP contribution in [0.5, 0.6) is 0 Å². The second kappa shape index (κ2) is 11.4. The van der Waals surface area contributed by atoms with Gasteiger partial charge in [-0.25, -0.2) is 0 Å². The van der Waals surface area contributed by atoms with Crippen molar-refractivity contribution < 1.29 is 0 Å². The summed E-state index contributed by atoms with van der Waals surface area (Å²) in [7, 11) is 0. The van der Waals surface area contributed by atoms with E-state index in [1.54, 1.807) is 24.3 Å². The normalized spacial score (nSPS) is 9.25. The summed E-state index contributed by atoms with van der Waals surface area (Å²) in [6, 6.07) is 22.6. The highest BCUT2D eigenvalue weighted by molar-refractivity contribution is 6.33. The van der Waals surface area contributed by atoms with Crippen molar-refractivity contribution in [1.82, 2.24) is 0 Å². The number of hydrogen-bond donors (Lipinski definition) is 0. The molecule has 3 aromatic carbocycles. The molecule has 0 heterocycles. The third-order valence-corrected chi connectivity index (χ3v) is 4.02. The largest absolute Gasteiger partial charge is 0.0843 e. The molecule has 0 fully saturated rings. The maximum absolute atomic E-state index is 5.71. The maximum Gasteiger partial charge on any atom is 0.0435 e. The van der Waals surface area contributed by atoms with Crippen LogP contribution in [0.25, 0.3) is 0 Å². The van der Waals surface area contributed by atoms with Gasteiger partial charge in [-0.15, -0.1) is 0 Å². The highest BCUT2D eigenvalue weighted by Crippen LogP contribution is 2.13. The van der Waals surface area contributed by atoms with E-state index in [0.717, 1.165) is 25.7 Å². The highest BCUT2D eigenvalue weighted by atomic mass is 35.5. The molecule has 24 heavy (non-hydrogen) atoms. The van der Waals surface area contributed by atoms with Crippen molar-refractivity contribution in [2.45, 2.75) is 13.8 Å². The number of halogens is 4. The van der Waals surface area contributed by atoms with Gasteiger partial charge in [0.15, 0.2) is 0 Å². The zero-order valence-corrected chi connectivity index (χ0v) is 16.5. The lowest BCUT2D eigenvalue weighted by Crippen LogP contribution is -1.68. The molecule has 0 saturated heterocycles. The summed E-state index contributed by atoms with van der Waals surface area (Å²) in [5.74, 6) is 0. The molecule has 0 nitrogen and oxygen atoms in total. The zero-order chi connectivity index (χ0) is 17.9. The fraction of sp³-hybridized carbons (Fsp3) is 0.100. The van der Waals surface area contributed by atoms with Crippen molar-refractivity contribution in [2.24, 2.45) is 0 Å². The van der Waals surface area contributed by atoms with Crippen LogP contribution in [0.1, 0.15) is 11.1 Å². The molecule has 0 spiro atoms. The Morgan fingerprint density at radius 2 is 1.08 bits per heavy atom. The van der Waals surface area contributed by atoms with Gasteiger partial charge >= 0.3 is 0 Å². The summed E-state index contributed by atoms with van der Waals surface area (Å²) in [4.78, 5) is 0. The Balaban J connectivity index is 0.000000180. The molecule has 126 valence electrons. The van der Waals surface area contributed by atoms with Crippen LogP contribution >= 0.6 is 46.4 Å². The van der Waals surface area contributed by atoms with Crippen molar-refractivity contribution in [2.75, 3.05) is 0 Å². The van der Waals surface area contributed by atoms with Crippen LogP contribution in [0.2, 0.25) is 20.1 Å². The quantitative estimate of drug-likeness (QED) is 0.356. The average molecular weight is 400 g/mol. The van der Waals surface area contributed by atoms with E-state index in [1.807, 2.05) is 62.4 Å². The molecule has 0 radical (unpaired) electrons. The number of benzene rings is 3. The van der Waals surface area contributed by atoms with E-state index in [-0.39, 0.29) is 0 Å². The van der Waals surface area contributed by atoms with Crippen molar-refractivity contribution in [3.63, 3.8) is 0 Å². The van der Waals surface area contributed by atoms with Gasteiger partial charge < -0.3 is 0 Å². The van der Waals surface area contributed by atoms with Gasteiger partial charge in [-0.1, -0.05) is 76.7 Å². The SMILES string of the molecule is Cc1cccc(Cl)c1.Cc1ccccc1Cl.Clc1ccc(Cl)cc1. The fourth-order valence-corrected chi connectivity index (χ4v) is 2.22. The second-order valence-corrected chi connectivity index (χ2v) is 6.70. The van der Waals surface area contributed by atoms with E-state index in [9.17, 15) is 0 Å². The Kier molecular flexibility index (Phi) is 9.90. The smallest absolute Gasteiger partial charge is 0.0435 e. The molecular weight excluding hydrogens is 382 g/mol. The standard InChI is InChI=1S/2C7H7Cl.C6H4Cl2/c1-6-3-2-4-7(8)5-6;1-6-4-2-3-5-7(6)8;7-5-1-2-6(8)4-3-5/h2*2-5H,1H3;1-4H. The lowest BCUT2D eigenvalue weighted by atomic mass is 10.2. The number of aryl methyl sites for hydroxylation is 2. The molecule has 4 heteroatoms. The van der Waals surface area contributed by atoms with Crippen LogP contribution in [0.4, 0.5) is 0 Å². The molecule has 0 aliphatic heterocycles. The van der Waals surface area contributed by atoms with E-state index < -0.39 is 0 Å². The van der Waals surface area contributed by atoms with Crippen LogP contribution in [-0.4, -0.2) is 0 Å². The lowest BCUT2D eigenvalue weighted by molar-refractivity contribution is 1.47. The molecule has 0 bridgehead atoms. The molecular formula is C20H18Cl4. The second-order valence-electron chi connectivity index (χ2n) is 4.98. The Hall–Kier alpha value is -1.18. The van der Waals surface area contributed by atoms with Gasteiger partial charge in [-0.2, -0.15) is 0 Å². The minimum Gasteiger partial charge on any atom is -0.0843 e. The third-order valence-electron chi connectivity index (χ3n) is 2.86. The summed E-state index contributed by atoms with van der Waals surface area (Å²) in [6.45, 7) is 4.01. The number of hydrogen-bond acceptors (Lipinski definition) is 0.